The fourth-order valence-corrected chi connectivity index (χ4v) is 2.86. The number of aliphatic hydroxyl groups is 1. The van der Waals surface area contributed by atoms with E-state index in [-0.39, 0.29) is 12.2 Å². The van der Waals surface area contributed by atoms with Crippen LogP contribution in [0.25, 0.3) is 0 Å². The first kappa shape index (κ1) is 16.1. The highest BCUT2D eigenvalue weighted by atomic mass is 35.5. The standard InChI is InChI=1S/C16H16ClFO2S/c1-20-15-4-2-3-11(16(15)18)9-13(19)10-21-14-7-5-12(17)6-8-14/h2-8,13,19H,9-10H2,1H3. The first-order valence-corrected chi connectivity index (χ1v) is 7.84. The van der Waals surface area contributed by atoms with Crippen molar-refractivity contribution in [2.75, 3.05) is 12.9 Å². The number of rotatable bonds is 6. The van der Waals surface area contributed by atoms with Gasteiger partial charge in [0.25, 0.3) is 0 Å². The molecule has 2 nitrogen and oxygen atoms in total. The molecule has 0 saturated heterocycles. The van der Waals surface area contributed by atoms with Crippen LogP contribution in [-0.4, -0.2) is 24.1 Å². The molecular weight excluding hydrogens is 311 g/mol. The quantitative estimate of drug-likeness (QED) is 0.807. The first-order valence-electron chi connectivity index (χ1n) is 6.48. The van der Waals surface area contributed by atoms with Gasteiger partial charge in [-0.3, -0.25) is 0 Å². The Labute approximate surface area is 132 Å². The second kappa shape index (κ2) is 7.69. The lowest BCUT2D eigenvalue weighted by Crippen LogP contribution is -2.14. The number of benzene rings is 2. The number of aliphatic hydroxyl groups excluding tert-OH is 1. The average Bonchev–Trinajstić information content (AvgIpc) is 2.49. The minimum absolute atomic E-state index is 0.199. The maximum atomic E-state index is 14.0. The Morgan fingerprint density at radius 3 is 2.62 bits per heavy atom. The molecule has 1 atom stereocenters. The topological polar surface area (TPSA) is 29.5 Å². The molecule has 1 unspecified atom stereocenters. The lowest BCUT2D eigenvalue weighted by molar-refractivity contribution is 0.198. The number of halogens is 2. The SMILES string of the molecule is COc1cccc(CC(O)CSc2ccc(Cl)cc2)c1F. The molecule has 2 aromatic rings. The van der Waals surface area contributed by atoms with Gasteiger partial charge >= 0.3 is 0 Å². The molecule has 2 rings (SSSR count). The van der Waals surface area contributed by atoms with E-state index in [1.807, 2.05) is 12.1 Å². The van der Waals surface area contributed by atoms with Crippen LogP contribution in [0.3, 0.4) is 0 Å². The number of ether oxygens (including phenoxy) is 1. The van der Waals surface area contributed by atoms with Gasteiger partial charge in [0.2, 0.25) is 0 Å². The van der Waals surface area contributed by atoms with Gasteiger partial charge in [0, 0.05) is 22.1 Å². The Hall–Kier alpha value is -1.23. The molecule has 0 bridgehead atoms. The van der Waals surface area contributed by atoms with Gasteiger partial charge in [-0.1, -0.05) is 23.7 Å². The highest BCUT2D eigenvalue weighted by Crippen LogP contribution is 2.24. The molecule has 1 N–H and O–H groups in total. The van der Waals surface area contributed by atoms with E-state index in [1.54, 1.807) is 30.3 Å². The van der Waals surface area contributed by atoms with Crippen LogP contribution in [0.1, 0.15) is 5.56 Å². The molecule has 0 fully saturated rings. The summed E-state index contributed by atoms with van der Waals surface area (Å²) in [6.45, 7) is 0. The maximum Gasteiger partial charge on any atom is 0.168 e. The fourth-order valence-electron chi connectivity index (χ4n) is 1.91. The van der Waals surface area contributed by atoms with Crippen molar-refractivity contribution in [1.29, 1.82) is 0 Å². The van der Waals surface area contributed by atoms with E-state index in [4.69, 9.17) is 16.3 Å². The molecule has 0 heterocycles. The van der Waals surface area contributed by atoms with Crippen LogP contribution in [0, 0.1) is 5.82 Å². The number of methoxy groups -OCH3 is 1. The molecule has 112 valence electrons. The summed E-state index contributed by atoms with van der Waals surface area (Å²) in [7, 11) is 1.43. The largest absolute Gasteiger partial charge is 0.494 e. The summed E-state index contributed by atoms with van der Waals surface area (Å²) in [6, 6.07) is 12.3. The van der Waals surface area contributed by atoms with E-state index in [0.717, 1.165) is 4.90 Å². The molecular formula is C16H16ClFO2S. The van der Waals surface area contributed by atoms with Crippen molar-refractivity contribution in [2.24, 2.45) is 0 Å². The van der Waals surface area contributed by atoms with Crippen LogP contribution in [-0.2, 0) is 6.42 Å². The van der Waals surface area contributed by atoms with Gasteiger partial charge < -0.3 is 9.84 Å². The Balaban J connectivity index is 1.92. The van der Waals surface area contributed by atoms with E-state index in [0.29, 0.717) is 16.3 Å². The van der Waals surface area contributed by atoms with Crippen molar-refractivity contribution in [2.45, 2.75) is 17.4 Å². The van der Waals surface area contributed by atoms with Crippen LogP contribution in [0.4, 0.5) is 4.39 Å². The maximum absolute atomic E-state index is 14.0. The third kappa shape index (κ3) is 4.63. The van der Waals surface area contributed by atoms with Crippen LogP contribution in [0.15, 0.2) is 47.4 Å². The normalized spacial score (nSPS) is 12.2. The average molecular weight is 327 g/mol. The second-order valence-electron chi connectivity index (χ2n) is 4.56. The third-order valence-electron chi connectivity index (χ3n) is 2.97. The van der Waals surface area contributed by atoms with Gasteiger partial charge in [-0.25, -0.2) is 4.39 Å². The number of hydrogen-bond donors (Lipinski definition) is 1. The Bertz CT molecular complexity index is 589. The zero-order valence-corrected chi connectivity index (χ0v) is 13.1. The second-order valence-corrected chi connectivity index (χ2v) is 6.09. The van der Waals surface area contributed by atoms with Gasteiger partial charge in [0.05, 0.1) is 13.2 Å². The van der Waals surface area contributed by atoms with Gasteiger partial charge in [0.1, 0.15) is 0 Å². The van der Waals surface area contributed by atoms with Crippen molar-refractivity contribution in [3.63, 3.8) is 0 Å². The first-order chi connectivity index (χ1) is 10.1. The minimum Gasteiger partial charge on any atom is -0.494 e. The summed E-state index contributed by atoms with van der Waals surface area (Å²) in [5.41, 5.74) is 0.457. The van der Waals surface area contributed by atoms with E-state index in [2.05, 4.69) is 0 Å². The summed E-state index contributed by atoms with van der Waals surface area (Å²) < 4.78 is 18.9. The van der Waals surface area contributed by atoms with Crippen molar-refractivity contribution in [3.8, 4) is 5.75 Å². The molecule has 5 heteroatoms. The monoisotopic (exact) mass is 326 g/mol. The zero-order chi connectivity index (χ0) is 15.2. The highest BCUT2D eigenvalue weighted by Gasteiger charge is 2.13. The molecule has 0 aliphatic carbocycles. The summed E-state index contributed by atoms with van der Waals surface area (Å²) in [4.78, 5) is 1.02. The van der Waals surface area contributed by atoms with Gasteiger partial charge in [0.15, 0.2) is 11.6 Å². The smallest absolute Gasteiger partial charge is 0.168 e. The van der Waals surface area contributed by atoms with Crippen molar-refractivity contribution >= 4 is 23.4 Å². The van der Waals surface area contributed by atoms with Gasteiger partial charge in [-0.2, -0.15) is 0 Å². The number of hydrogen-bond acceptors (Lipinski definition) is 3. The van der Waals surface area contributed by atoms with Crippen molar-refractivity contribution in [1.82, 2.24) is 0 Å². The van der Waals surface area contributed by atoms with E-state index in [1.165, 1.54) is 18.9 Å². The number of thioether (sulfide) groups is 1. The summed E-state index contributed by atoms with van der Waals surface area (Å²) in [6.07, 6.45) is -0.379. The fraction of sp³-hybridized carbons (Fsp3) is 0.250. The molecule has 0 aliphatic rings. The van der Waals surface area contributed by atoms with E-state index >= 15 is 0 Å². The summed E-state index contributed by atoms with van der Waals surface area (Å²) >= 11 is 7.33. The molecule has 0 radical (unpaired) electrons. The predicted molar refractivity (Wildman–Crippen MR) is 84.8 cm³/mol. The van der Waals surface area contributed by atoms with Gasteiger partial charge in [-0.05, 0) is 35.9 Å². The molecule has 0 spiro atoms. The lowest BCUT2D eigenvalue weighted by atomic mass is 10.1. The zero-order valence-electron chi connectivity index (χ0n) is 11.6. The predicted octanol–water partition coefficient (Wildman–Crippen LogP) is 4.18. The van der Waals surface area contributed by atoms with Crippen LogP contribution in [0.2, 0.25) is 5.02 Å². The highest BCUT2D eigenvalue weighted by molar-refractivity contribution is 7.99. The Morgan fingerprint density at radius 2 is 1.95 bits per heavy atom. The molecule has 21 heavy (non-hydrogen) atoms. The van der Waals surface area contributed by atoms with Gasteiger partial charge in [-0.15, -0.1) is 11.8 Å². The molecule has 2 aromatic carbocycles. The Morgan fingerprint density at radius 1 is 1.24 bits per heavy atom. The van der Waals surface area contributed by atoms with E-state index < -0.39 is 11.9 Å². The molecule has 0 aliphatic heterocycles. The van der Waals surface area contributed by atoms with E-state index in [9.17, 15) is 9.50 Å². The molecule has 0 aromatic heterocycles. The minimum atomic E-state index is -0.632. The lowest BCUT2D eigenvalue weighted by Gasteiger charge is -2.12. The third-order valence-corrected chi connectivity index (χ3v) is 4.38. The van der Waals surface area contributed by atoms with Crippen LogP contribution < -0.4 is 4.74 Å². The van der Waals surface area contributed by atoms with Crippen LogP contribution in [0.5, 0.6) is 5.75 Å². The Kier molecular flexibility index (Phi) is 5.91. The molecule has 0 amide bonds. The van der Waals surface area contributed by atoms with Crippen LogP contribution >= 0.6 is 23.4 Å². The summed E-state index contributed by atoms with van der Waals surface area (Å²) in [5, 5.41) is 10.7. The van der Waals surface area contributed by atoms with Crippen molar-refractivity contribution in [3.05, 3.63) is 58.9 Å². The van der Waals surface area contributed by atoms with Crippen molar-refractivity contribution < 1.29 is 14.2 Å². The summed E-state index contributed by atoms with van der Waals surface area (Å²) in [5.74, 6) is 0.277. The molecule has 0 saturated carbocycles.